The molecule has 0 N–H and O–H groups in total. The van der Waals surface area contributed by atoms with Crippen molar-refractivity contribution in [2.75, 3.05) is 13.1 Å². The summed E-state index contributed by atoms with van der Waals surface area (Å²) in [4.78, 5) is 0. The van der Waals surface area contributed by atoms with E-state index in [0.29, 0.717) is 0 Å². The summed E-state index contributed by atoms with van der Waals surface area (Å²) in [7, 11) is 0. The minimum Gasteiger partial charge on any atom is -0.271 e. The maximum absolute atomic E-state index is 6.39. The summed E-state index contributed by atoms with van der Waals surface area (Å²) in [6, 6.07) is 10.9. The fourth-order valence-corrected chi connectivity index (χ4v) is 6.91. The third-order valence-electron chi connectivity index (χ3n) is 3.95. The third-order valence-corrected chi connectivity index (χ3v) is 10.9. The van der Waals surface area contributed by atoms with Crippen molar-refractivity contribution in [3.63, 3.8) is 0 Å². The van der Waals surface area contributed by atoms with Crippen LogP contribution >= 0.6 is 6.19 Å². The molecule has 0 aromatic heterocycles. The lowest BCUT2D eigenvalue weighted by Crippen LogP contribution is -2.37. The molecule has 0 saturated heterocycles. The number of hydrogen-bond acceptors (Lipinski definition) is 1. The van der Waals surface area contributed by atoms with E-state index >= 15 is 0 Å². The van der Waals surface area contributed by atoms with Crippen molar-refractivity contribution < 1.29 is 0 Å². The monoisotopic (exact) mass is 325 g/mol. The summed E-state index contributed by atoms with van der Waals surface area (Å²) in [5.74, 6) is 0. The number of benzene rings is 1. The maximum Gasteiger partial charge on any atom is 0.0480 e. The molecule has 3 heteroatoms. The molecule has 0 saturated carbocycles. The van der Waals surface area contributed by atoms with Gasteiger partial charge in [-0.05, 0) is 18.1 Å². The second kappa shape index (κ2) is 8.46. The van der Waals surface area contributed by atoms with Crippen LogP contribution in [-0.2, 0) is 11.8 Å². The molecule has 0 aliphatic rings. The second-order valence-corrected chi connectivity index (χ2v) is 11.9. The highest BCUT2D eigenvalue weighted by atomic mass is 32.4. The standard InChI is InChI=1S/C18H32NPS/c1-6-8-15-19(16-9-7-2)20(21,18(3,4)5)17-13-11-10-12-14-17/h10-14H,6-9,15-16H2,1-5H3. The topological polar surface area (TPSA) is 3.24 Å². The first-order valence-corrected chi connectivity index (χ1v) is 11.0. The lowest BCUT2D eigenvalue weighted by atomic mass is 10.3. The van der Waals surface area contributed by atoms with Gasteiger partial charge in [0.25, 0.3) is 0 Å². The molecule has 1 unspecified atom stereocenters. The van der Waals surface area contributed by atoms with Gasteiger partial charge in [0.2, 0.25) is 0 Å². The lowest BCUT2D eigenvalue weighted by molar-refractivity contribution is 0.422. The van der Waals surface area contributed by atoms with Crippen molar-refractivity contribution in [2.24, 2.45) is 0 Å². The first-order chi connectivity index (χ1) is 9.87. The summed E-state index contributed by atoms with van der Waals surface area (Å²) < 4.78 is 2.66. The Labute approximate surface area is 137 Å². The molecule has 1 aromatic rings. The Hall–Kier alpha value is -0.170. The maximum atomic E-state index is 6.39. The molecular formula is C18H32NPS. The Balaban J connectivity index is 3.23. The van der Waals surface area contributed by atoms with Gasteiger partial charge in [-0.3, -0.25) is 4.67 Å². The van der Waals surface area contributed by atoms with Crippen molar-refractivity contribution in [3.8, 4) is 0 Å². The van der Waals surface area contributed by atoms with Crippen LogP contribution in [0.25, 0.3) is 0 Å². The first-order valence-electron chi connectivity index (χ1n) is 8.29. The van der Waals surface area contributed by atoms with Gasteiger partial charge < -0.3 is 0 Å². The largest absolute Gasteiger partial charge is 0.271 e. The zero-order chi connectivity index (χ0) is 15.9. The molecule has 1 atom stereocenters. The summed E-state index contributed by atoms with van der Waals surface area (Å²) in [5.41, 5.74) is 0. The molecule has 0 aliphatic carbocycles. The van der Waals surface area contributed by atoms with Crippen molar-refractivity contribution >= 4 is 23.3 Å². The van der Waals surface area contributed by atoms with Gasteiger partial charge in [-0.25, -0.2) is 0 Å². The van der Waals surface area contributed by atoms with Gasteiger partial charge in [-0.1, -0.05) is 89.6 Å². The molecule has 0 radical (unpaired) electrons. The minimum atomic E-state index is -1.76. The Kier molecular flexibility index (Phi) is 7.60. The van der Waals surface area contributed by atoms with Crippen molar-refractivity contribution in [3.05, 3.63) is 30.3 Å². The molecule has 0 fully saturated rings. The quantitative estimate of drug-likeness (QED) is 0.588. The molecule has 1 aromatic carbocycles. The van der Waals surface area contributed by atoms with Crippen LogP contribution in [0.5, 0.6) is 0 Å². The van der Waals surface area contributed by atoms with Crippen molar-refractivity contribution in [1.82, 2.24) is 4.67 Å². The number of hydrogen-bond donors (Lipinski definition) is 0. The van der Waals surface area contributed by atoms with Crippen LogP contribution in [0, 0.1) is 0 Å². The molecule has 0 bridgehead atoms. The highest BCUT2D eigenvalue weighted by molar-refractivity contribution is 8.17. The molecular weight excluding hydrogens is 293 g/mol. The van der Waals surface area contributed by atoms with E-state index in [2.05, 4.69) is 69.6 Å². The Bertz CT molecular complexity index is 442. The van der Waals surface area contributed by atoms with E-state index in [1.807, 2.05) is 0 Å². The predicted octanol–water partition coefficient (Wildman–Crippen LogP) is 5.41. The van der Waals surface area contributed by atoms with Crippen molar-refractivity contribution in [2.45, 2.75) is 65.5 Å². The molecule has 0 aliphatic heterocycles. The number of unbranched alkanes of at least 4 members (excludes halogenated alkanes) is 2. The van der Waals surface area contributed by atoms with Crippen LogP contribution in [0.2, 0.25) is 0 Å². The lowest BCUT2D eigenvalue weighted by Gasteiger charge is -2.44. The van der Waals surface area contributed by atoms with Crippen LogP contribution in [0.3, 0.4) is 0 Å². The molecule has 1 rings (SSSR count). The smallest absolute Gasteiger partial charge is 0.0480 e. The van der Waals surface area contributed by atoms with Gasteiger partial charge in [0.15, 0.2) is 0 Å². The van der Waals surface area contributed by atoms with Crippen LogP contribution in [0.4, 0.5) is 0 Å². The zero-order valence-electron chi connectivity index (χ0n) is 14.4. The molecule has 0 spiro atoms. The van der Waals surface area contributed by atoms with Gasteiger partial charge in [-0.15, -0.1) is 0 Å². The Morgan fingerprint density at radius 1 is 0.952 bits per heavy atom. The Morgan fingerprint density at radius 2 is 1.43 bits per heavy atom. The highest BCUT2D eigenvalue weighted by Crippen LogP contribution is 2.59. The van der Waals surface area contributed by atoms with E-state index in [0.717, 1.165) is 13.1 Å². The van der Waals surface area contributed by atoms with Crippen molar-refractivity contribution in [1.29, 1.82) is 0 Å². The van der Waals surface area contributed by atoms with E-state index in [9.17, 15) is 0 Å². The van der Waals surface area contributed by atoms with E-state index in [1.165, 1.54) is 31.0 Å². The van der Waals surface area contributed by atoms with E-state index in [1.54, 1.807) is 0 Å². The average Bonchev–Trinajstić information content (AvgIpc) is 2.46. The summed E-state index contributed by atoms with van der Waals surface area (Å²) >= 11 is 6.39. The summed E-state index contributed by atoms with van der Waals surface area (Å²) in [6.07, 6.45) is 3.19. The molecule has 21 heavy (non-hydrogen) atoms. The number of rotatable bonds is 8. The zero-order valence-corrected chi connectivity index (χ0v) is 16.1. The fourth-order valence-electron chi connectivity index (χ4n) is 2.68. The van der Waals surface area contributed by atoms with Gasteiger partial charge in [0.05, 0.1) is 0 Å². The van der Waals surface area contributed by atoms with Gasteiger partial charge in [-0.2, -0.15) is 0 Å². The molecule has 1 nitrogen and oxygen atoms in total. The molecule has 120 valence electrons. The van der Waals surface area contributed by atoms with Gasteiger partial charge >= 0.3 is 0 Å². The molecule has 0 heterocycles. The summed E-state index contributed by atoms with van der Waals surface area (Å²) in [6.45, 7) is 13.8. The van der Waals surface area contributed by atoms with Gasteiger partial charge in [0.1, 0.15) is 0 Å². The fraction of sp³-hybridized carbons (Fsp3) is 0.667. The number of nitrogens with zero attached hydrogens (tertiary/aromatic N) is 1. The normalized spacial score (nSPS) is 15.1. The minimum absolute atomic E-state index is 0.130. The van der Waals surface area contributed by atoms with Crippen LogP contribution in [0.1, 0.15) is 60.3 Å². The van der Waals surface area contributed by atoms with Crippen LogP contribution in [0.15, 0.2) is 30.3 Å². The molecule has 0 amide bonds. The van der Waals surface area contributed by atoms with E-state index in [4.69, 9.17) is 11.8 Å². The third kappa shape index (κ3) is 4.65. The van der Waals surface area contributed by atoms with E-state index < -0.39 is 6.19 Å². The van der Waals surface area contributed by atoms with Gasteiger partial charge in [0, 0.05) is 24.4 Å². The van der Waals surface area contributed by atoms with Crippen LogP contribution in [-0.4, -0.2) is 22.9 Å². The highest BCUT2D eigenvalue weighted by Gasteiger charge is 2.38. The first kappa shape index (κ1) is 18.9. The SMILES string of the molecule is CCCCN(CCCC)P(=S)(c1ccccc1)C(C)(C)C. The predicted molar refractivity (Wildman–Crippen MR) is 102 cm³/mol. The Morgan fingerprint density at radius 3 is 1.81 bits per heavy atom. The van der Waals surface area contributed by atoms with E-state index in [-0.39, 0.29) is 5.16 Å². The second-order valence-electron chi connectivity index (χ2n) is 6.74. The summed E-state index contributed by atoms with van der Waals surface area (Å²) in [5, 5.41) is 1.50. The van der Waals surface area contributed by atoms with Crippen LogP contribution < -0.4 is 5.30 Å². The average molecular weight is 326 g/mol.